The molecule has 1 N–H and O–H groups in total. The summed E-state index contributed by atoms with van der Waals surface area (Å²) in [6, 6.07) is 7.69. The van der Waals surface area contributed by atoms with Crippen LogP contribution in [0, 0.1) is 12.7 Å². The topological polar surface area (TPSA) is 105 Å². The second kappa shape index (κ2) is 11.0. The highest BCUT2D eigenvalue weighted by Crippen LogP contribution is 2.40. The summed E-state index contributed by atoms with van der Waals surface area (Å²) < 4.78 is 106. The van der Waals surface area contributed by atoms with Crippen molar-refractivity contribution < 1.29 is 45.0 Å². The van der Waals surface area contributed by atoms with Crippen LogP contribution in [-0.2, 0) is 29.7 Å². The number of alkyl halides is 6. The van der Waals surface area contributed by atoms with Crippen LogP contribution in [0.3, 0.4) is 0 Å². The van der Waals surface area contributed by atoms with Gasteiger partial charge in [0.25, 0.3) is 0 Å². The summed E-state index contributed by atoms with van der Waals surface area (Å²) >= 11 is 0. The van der Waals surface area contributed by atoms with Crippen LogP contribution in [0.25, 0.3) is 16.6 Å². The minimum Gasteiger partial charge on any atom is -0.480 e. The molecule has 0 aliphatic heterocycles. The zero-order chi connectivity index (χ0) is 31.1. The molecule has 0 amide bonds. The van der Waals surface area contributed by atoms with Crippen molar-refractivity contribution >= 4 is 28.4 Å². The Morgan fingerprint density at radius 3 is 2.38 bits per heavy atom. The molecule has 2 aromatic carbocycles. The number of para-hydroxylation sites is 1. The summed E-state index contributed by atoms with van der Waals surface area (Å²) in [6.07, 6.45) is -12.5. The third-order valence-corrected chi connectivity index (χ3v) is 6.20. The lowest BCUT2D eigenvalue weighted by molar-refractivity contribution is -0.201. The van der Waals surface area contributed by atoms with E-state index in [1.807, 2.05) is 0 Å². The molecule has 0 saturated heterocycles. The van der Waals surface area contributed by atoms with Gasteiger partial charge in [0, 0.05) is 25.3 Å². The van der Waals surface area contributed by atoms with Crippen molar-refractivity contribution in [2.75, 3.05) is 5.32 Å². The average Bonchev–Trinajstić information content (AvgIpc) is 3.40. The number of carbonyl (C=O) groups is 1. The molecule has 226 valence electrons. The zero-order valence-electron chi connectivity index (χ0n) is 22.4. The minimum absolute atomic E-state index is 0.0530. The van der Waals surface area contributed by atoms with E-state index in [1.165, 1.54) is 14.0 Å². The van der Waals surface area contributed by atoms with Gasteiger partial charge in [0.05, 0.1) is 5.39 Å². The van der Waals surface area contributed by atoms with Crippen molar-refractivity contribution in [2.24, 2.45) is 7.05 Å². The number of fused-ring (bicyclic) bond motifs is 1. The van der Waals surface area contributed by atoms with Gasteiger partial charge in [-0.25, -0.2) is 14.0 Å². The third-order valence-electron chi connectivity index (χ3n) is 6.20. The van der Waals surface area contributed by atoms with Crippen molar-refractivity contribution in [3.8, 4) is 11.4 Å². The van der Waals surface area contributed by atoms with E-state index in [1.54, 1.807) is 31.2 Å². The van der Waals surface area contributed by atoms with Crippen LogP contribution < -0.4 is 15.7 Å². The number of benzene rings is 2. The first-order valence-electron chi connectivity index (χ1n) is 12.2. The summed E-state index contributed by atoms with van der Waals surface area (Å²) in [4.78, 5) is 24.3. The van der Waals surface area contributed by atoms with E-state index in [9.17, 15) is 35.9 Å². The first-order valence-corrected chi connectivity index (χ1v) is 12.2. The second-order valence-electron chi connectivity index (χ2n) is 9.07. The maximum Gasteiger partial charge on any atom is 0.490 e. The number of hydrogen-bond donors (Lipinski definition) is 1. The quantitative estimate of drug-likeness (QED) is 0.221. The van der Waals surface area contributed by atoms with Crippen LogP contribution in [0.2, 0.25) is 0 Å². The minimum atomic E-state index is -5.32. The zero-order valence-corrected chi connectivity index (χ0v) is 22.4. The summed E-state index contributed by atoms with van der Waals surface area (Å²) in [7, 11) is 1.31. The molecular formula is C25H23F7N6O4. The molecule has 42 heavy (non-hydrogen) atoms. The average molecular weight is 604 g/mol. The summed E-state index contributed by atoms with van der Waals surface area (Å²) in [5.74, 6) is -4.73. The molecule has 0 saturated carbocycles. The molecule has 0 radical (unpaired) electrons. The fourth-order valence-electron chi connectivity index (χ4n) is 4.05. The standard InChI is InChI=1S/C25H23F7N6O4/c1-5-37-17(11-41-22(39)25(30,31)32)34-38(23(37)40)15-10-16(42-13(3)24(27,28)29)18-20(19(15)26)36(4)35-21(18)33-14-9-7-6-8-12(14)2/h6-10,13H,5,11H2,1-4H3,(H,33,35). The number of halogens is 7. The van der Waals surface area contributed by atoms with Crippen LogP contribution >= 0.6 is 0 Å². The van der Waals surface area contributed by atoms with E-state index in [-0.39, 0.29) is 23.3 Å². The van der Waals surface area contributed by atoms with Gasteiger partial charge in [0.15, 0.2) is 30.2 Å². The molecule has 4 aromatic rings. The maximum atomic E-state index is 16.1. The number of aromatic nitrogens is 5. The number of anilines is 2. The maximum absolute atomic E-state index is 16.1. The number of nitrogens with zero attached hydrogens (tertiary/aromatic N) is 5. The number of nitrogens with one attached hydrogen (secondary N) is 1. The van der Waals surface area contributed by atoms with Crippen LogP contribution in [-0.4, -0.2) is 48.6 Å². The van der Waals surface area contributed by atoms with Crippen molar-refractivity contribution in [2.45, 2.75) is 52.4 Å². The van der Waals surface area contributed by atoms with Gasteiger partial charge in [-0.2, -0.15) is 36.1 Å². The monoisotopic (exact) mass is 604 g/mol. The molecule has 0 spiro atoms. The van der Waals surface area contributed by atoms with E-state index in [4.69, 9.17) is 4.74 Å². The molecule has 0 aliphatic rings. The number of esters is 1. The number of rotatable bonds is 8. The molecule has 2 heterocycles. The molecule has 0 bridgehead atoms. The van der Waals surface area contributed by atoms with Gasteiger partial charge in [-0.3, -0.25) is 9.25 Å². The van der Waals surface area contributed by atoms with Gasteiger partial charge in [-0.1, -0.05) is 18.2 Å². The Bertz CT molecular complexity index is 1700. The number of carbonyl (C=O) groups excluding carboxylic acids is 1. The van der Waals surface area contributed by atoms with Gasteiger partial charge >= 0.3 is 24.0 Å². The van der Waals surface area contributed by atoms with Crippen LogP contribution in [0.5, 0.6) is 5.75 Å². The third kappa shape index (κ3) is 5.75. The lowest BCUT2D eigenvalue weighted by atomic mass is 10.1. The Morgan fingerprint density at radius 2 is 1.79 bits per heavy atom. The number of ether oxygens (including phenoxy) is 2. The van der Waals surface area contributed by atoms with Crippen molar-refractivity contribution in [1.82, 2.24) is 24.1 Å². The van der Waals surface area contributed by atoms with Crippen molar-refractivity contribution in [1.29, 1.82) is 0 Å². The SMILES string of the molecule is CCn1c(COC(=O)C(F)(F)F)nn(-c2cc(OC(C)C(F)(F)F)c3c(Nc4ccccc4C)nn(C)c3c2F)c1=O. The van der Waals surface area contributed by atoms with E-state index in [2.05, 4.69) is 20.3 Å². The molecule has 2 aromatic heterocycles. The Morgan fingerprint density at radius 1 is 1.12 bits per heavy atom. The van der Waals surface area contributed by atoms with Crippen LogP contribution in [0.1, 0.15) is 25.2 Å². The molecule has 4 rings (SSSR count). The van der Waals surface area contributed by atoms with Crippen LogP contribution in [0.4, 0.5) is 42.2 Å². The predicted molar refractivity (Wildman–Crippen MR) is 134 cm³/mol. The van der Waals surface area contributed by atoms with Gasteiger partial charge in [-0.15, -0.1) is 5.10 Å². The van der Waals surface area contributed by atoms with E-state index in [0.717, 1.165) is 27.8 Å². The lowest BCUT2D eigenvalue weighted by Gasteiger charge is -2.19. The molecule has 1 unspecified atom stereocenters. The lowest BCUT2D eigenvalue weighted by Crippen LogP contribution is -2.31. The molecular weight excluding hydrogens is 581 g/mol. The van der Waals surface area contributed by atoms with Crippen LogP contribution in [0.15, 0.2) is 35.1 Å². The highest BCUT2D eigenvalue weighted by Gasteiger charge is 2.41. The number of hydrogen-bond acceptors (Lipinski definition) is 7. The summed E-state index contributed by atoms with van der Waals surface area (Å²) in [5, 5.41) is 10.8. The van der Waals surface area contributed by atoms with Crippen molar-refractivity contribution in [3.63, 3.8) is 0 Å². The largest absolute Gasteiger partial charge is 0.490 e. The molecule has 10 nitrogen and oxygen atoms in total. The normalized spacial score (nSPS) is 12.9. The molecule has 1 atom stereocenters. The van der Waals surface area contributed by atoms with Gasteiger partial charge in [0.1, 0.15) is 17.0 Å². The van der Waals surface area contributed by atoms with E-state index in [0.29, 0.717) is 10.4 Å². The highest BCUT2D eigenvalue weighted by molar-refractivity contribution is 5.99. The van der Waals surface area contributed by atoms with Crippen molar-refractivity contribution in [3.05, 3.63) is 58.0 Å². The Hall–Kier alpha value is -4.57. The molecule has 17 heteroatoms. The fourth-order valence-corrected chi connectivity index (χ4v) is 4.05. The summed E-state index contributed by atoms with van der Waals surface area (Å²) in [5.41, 5.74) is -0.847. The number of aryl methyl sites for hydroxylation is 2. The van der Waals surface area contributed by atoms with Gasteiger partial charge < -0.3 is 14.8 Å². The summed E-state index contributed by atoms with van der Waals surface area (Å²) in [6.45, 7) is 2.64. The Labute approximate surface area is 232 Å². The van der Waals surface area contributed by atoms with Gasteiger partial charge in [0.2, 0.25) is 0 Å². The fraction of sp³-hybridized carbons (Fsp3) is 0.360. The van der Waals surface area contributed by atoms with E-state index < -0.39 is 59.8 Å². The molecule has 0 fully saturated rings. The van der Waals surface area contributed by atoms with E-state index >= 15 is 4.39 Å². The Kier molecular flexibility index (Phi) is 7.97. The highest BCUT2D eigenvalue weighted by atomic mass is 19.4. The molecule has 0 aliphatic carbocycles. The smallest absolute Gasteiger partial charge is 0.480 e. The second-order valence-corrected chi connectivity index (χ2v) is 9.07. The Balaban J connectivity index is 1.91. The first kappa shape index (κ1) is 30.4. The van der Waals surface area contributed by atoms with Gasteiger partial charge in [-0.05, 0) is 32.4 Å². The first-order chi connectivity index (χ1) is 19.5. The predicted octanol–water partition coefficient (Wildman–Crippen LogP) is 5.07.